The summed E-state index contributed by atoms with van der Waals surface area (Å²) in [7, 11) is 0. The summed E-state index contributed by atoms with van der Waals surface area (Å²) in [5.74, 6) is 1.98. The van der Waals surface area contributed by atoms with Gasteiger partial charge in [-0.3, -0.25) is 0 Å². The largest absolute Gasteiger partial charge is 0.492 e. The van der Waals surface area contributed by atoms with Gasteiger partial charge in [-0.05, 0) is 36.4 Å². The highest BCUT2D eigenvalue weighted by Crippen LogP contribution is 2.30. The van der Waals surface area contributed by atoms with E-state index in [9.17, 15) is 0 Å². The molecule has 0 fully saturated rings. The molecule has 1 heterocycles. The van der Waals surface area contributed by atoms with E-state index in [1.807, 2.05) is 60.7 Å². The number of nitrogens with one attached hydrogen (secondary N) is 1. The third-order valence-corrected chi connectivity index (χ3v) is 5.51. The predicted octanol–water partition coefficient (Wildman–Crippen LogP) is 6.58. The van der Waals surface area contributed by atoms with Gasteiger partial charge < -0.3 is 15.0 Å². The van der Waals surface area contributed by atoms with Crippen LogP contribution in [0, 0.1) is 0 Å². The summed E-state index contributed by atoms with van der Waals surface area (Å²) in [6.45, 7) is 2.78. The maximum Gasteiger partial charge on any atom is 0.119 e. The first kappa shape index (κ1) is 24.2. The van der Waals surface area contributed by atoms with Crippen molar-refractivity contribution in [3.05, 3.63) is 72.8 Å². The molecule has 0 radical (unpaired) electrons. The van der Waals surface area contributed by atoms with E-state index >= 15 is 0 Å². The molecule has 7 heteroatoms. The second-order valence-electron chi connectivity index (χ2n) is 7.16. The number of rotatable bonds is 10. The third-order valence-electron chi connectivity index (χ3n) is 5.17. The summed E-state index contributed by atoms with van der Waals surface area (Å²) in [6, 6.07) is 24.5. The van der Waals surface area contributed by atoms with Gasteiger partial charge in [-0.1, -0.05) is 36.4 Å². The molecule has 0 unspecified atom stereocenters. The van der Waals surface area contributed by atoms with Gasteiger partial charge in [0.2, 0.25) is 0 Å². The van der Waals surface area contributed by atoms with Crippen molar-refractivity contribution in [3.8, 4) is 5.75 Å². The van der Waals surface area contributed by atoms with Crippen LogP contribution >= 0.6 is 35.6 Å². The van der Waals surface area contributed by atoms with E-state index in [4.69, 9.17) is 32.9 Å². The number of fused-ring (bicyclic) bond motifs is 2. The smallest absolute Gasteiger partial charge is 0.119 e. The number of halogens is 3. The van der Waals surface area contributed by atoms with Crippen molar-refractivity contribution in [2.45, 2.75) is 0 Å². The number of alkyl halides is 2. The molecule has 0 amide bonds. The van der Waals surface area contributed by atoms with E-state index in [1.165, 1.54) is 0 Å². The van der Waals surface area contributed by atoms with Gasteiger partial charge in [0, 0.05) is 47.9 Å². The van der Waals surface area contributed by atoms with E-state index < -0.39 is 0 Å². The Balaban J connectivity index is 0.00000289. The molecule has 4 rings (SSSR count). The normalized spacial score (nSPS) is 10.7. The lowest BCUT2D eigenvalue weighted by Crippen LogP contribution is -2.27. The number of benzene rings is 3. The van der Waals surface area contributed by atoms with E-state index in [0.717, 1.165) is 52.0 Å². The highest BCUT2D eigenvalue weighted by Gasteiger charge is 2.09. The molecular formula is C25H26Cl3N3O. The average molecular weight is 491 g/mol. The van der Waals surface area contributed by atoms with Crippen LogP contribution in [0.1, 0.15) is 0 Å². The minimum atomic E-state index is 0. The summed E-state index contributed by atoms with van der Waals surface area (Å²) in [5.41, 5.74) is 4.16. The minimum Gasteiger partial charge on any atom is -0.492 e. The maximum absolute atomic E-state index is 5.96. The third kappa shape index (κ3) is 5.69. The molecule has 1 aromatic heterocycles. The van der Waals surface area contributed by atoms with Crippen molar-refractivity contribution in [1.82, 2.24) is 4.98 Å². The Morgan fingerprint density at radius 1 is 0.781 bits per heavy atom. The molecule has 4 aromatic rings. The van der Waals surface area contributed by atoms with Gasteiger partial charge in [0.25, 0.3) is 0 Å². The molecule has 32 heavy (non-hydrogen) atoms. The lowest BCUT2D eigenvalue weighted by Gasteiger charge is -2.23. The van der Waals surface area contributed by atoms with Crippen LogP contribution in [0.5, 0.6) is 5.75 Å². The maximum atomic E-state index is 5.96. The molecule has 0 spiro atoms. The fourth-order valence-corrected chi connectivity index (χ4v) is 4.11. The fourth-order valence-electron chi connectivity index (χ4n) is 3.70. The van der Waals surface area contributed by atoms with Gasteiger partial charge in [0.05, 0.1) is 16.7 Å². The minimum absolute atomic E-state index is 0. The predicted molar refractivity (Wildman–Crippen MR) is 141 cm³/mol. The number of nitrogens with zero attached hydrogens (tertiary/aromatic N) is 2. The summed E-state index contributed by atoms with van der Waals surface area (Å²) >= 11 is 11.8. The number of hydrogen-bond acceptors (Lipinski definition) is 4. The zero-order valence-corrected chi connectivity index (χ0v) is 20.0. The Morgan fingerprint density at radius 3 is 1.91 bits per heavy atom. The number of para-hydroxylation sites is 2. The van der Waals surface area contributed by atoms with Crippen molar-refractivity contribution < 1.29 is 4.74 Å². The van der Waals surface area contributed by atoms with Gasteiger partial charge in [-0.2, -0.15) is 0 Å². The quantitative estimate of drug-likeness (QED) is 0.155. The molecule has 0 aliphatic rings. The van der Waals surface area contributed by atoms with Crippen LogP contribution < -0.4 is 15.0 Å². The zero-order valence-electron chi connectivity index (χ0n) is 17.6. The van der Waals surface area contributed by atoms with Crippen molar-refractivity contribution in [3.63, 3.8) is 0 Å². The fraction of sp³-hybridized carbons (Fsp3) is 0.240. The van der Waals surface area contributed by atoms with Crippen molar-refractivity contribution in [2.24, 2.45) is 0 Å². The number of hydrogen-bond donors (Lipinski definition) is 1. The summed E-state index contributed by atoms with van der Waals surface area (Å²) in [5, 5.41) is 5.79. The standard InChI is InChI=1S/C25H25Cl2N3O.ClH/c26-13-16-30(17-14-27)19-9-11-20(12-10-19)31-18-15-28-25-21-5-1-3-7-23(21)29-24-8-4-2-6-22(24)25;/h1-12H,13-18H2,(H,28,29);1H. The molecule has 4 nitrogen and oxygen atoms in total. The lowest BCUT2D eigenvalue weighted by molar-refractivity contribution is 0.333. The molecule has 0 aliphatic carbocycles. The number of ether oxygens (including phenoxy) is 1. The molecule has 0 bridgehead atoms. The first-order valence-electron chi connectivity index (χ1n) is 10.4. The molecule has 0 atom stereocenters. The number of anilines is 2. The highest BCUT2D eigenvalue weighted by atomic mass is 35.5. The van der Waals surface area contributed by atoms with E-state index in [0.29, 0.717) is 24.9 Å². The molecule has 0 aliphatic heterocycles. The van der Waals surface area contributed by atoms with Gasteiger partial charge in [0.15, 0.2) is 0 Å². The summed E-state index contributed by atoms with van der Waals surface area (Å²) in [4.78, 5) is 6.94. The van der Waals surface area contributed by atoms with E-state index in [1.54, 1.807) is 0 Å². The Hall–Kier alpha value is -2.40. The van der Waals surface area contributed by atoms with Crippen molar-refractivity contribution in [2.75, 3.05) is 48.2 Å². The van der Waals surface area contributed by atoms with Gasteiger partial charge >= 0.3 is 0 Å². The zero-order chi connectivity index (χ0) is 21.5. The van der Waals surface area contributed by atoms with Crippen LogP contribution in [0.25, 0.3) is 21.8 Å². The molecule has 168 valence electrons. The van der Waals surface area contributed by atoms with Gasteiger partial charge in [-0.25, -0.2) is 4.98 Å². The molecule has 3 aromatic carbocycles. The highest BCUT2D eigenvalue weighted by molar-refractivity contribution is 6.18. The monoisotopic (exact) mass is 489 g/mol. The van der Waals surface area contributed by atoms with Crippen LogP contribution in [0.3, 0.4) is 0 Å². The first-order chi connectivity index (χ1) is 15.3. The summed E-state index contributed by atoms with van der Waals surface area (Å²) in [6.07, 6.45) is 0. The number of aromatic nitrogens is 1. The second kappa shape index (κ2) is 12.0. The van der Waals surface area contributed by atoms with Gasteiger partial charge in [0.1, 0.15) is 12.4 Å². The van der Waals surface area contributed by atoms with E-state index in [-0.39, 0.29) is 12.4 Å². The topological polar surface area (TPSA) is 37.4 Å². The Labute approximate surface area is 204 Å². The van der Waals surface area contributed by atoms with Crippen LogP contribution in [0.2, 0.25) is 0 Å². The average Bonchev–Trinajstić information content (AvgIpc) is 2.81. The SMILES string of the molecule is Cl.ClCCN(CCCl)c1ccc(OCCNc2c3ccccc3nc3ccccc23)cc1. The van der Waals surface area contributed by atoms with E-state index in [2.05, 4.69) is 22.3 Å². The second-order valence-corrected chi connectivity index (χ2v) is 7.91. The molecular weight excluding hydrogens is 465 g/mol. The van der Waals surface area contributed by atoms with Gasteiger partial charge in [-0.15, -0.1) is 35.6 Å². The summed E-state index contributed by atoms with van der Waals surface area (Å²) < 4.78 is 5.96. The van der Waals surface area contributed by atoms with Crippen molar-refractivity contribution >= 4 is 68.8 Å². The van der Waals surface area contributed by atoms with Crippen LogP contribution in [0.15, 0.2) is 72.8 Å². The molecule has 1 N–H and O–H groups in total. The Morgan fingerprint density at radius 2 is 1.34 bits per heavy atom. The van der Waals surface area contributed by atoms with Crippen LogP contribution in [0.4, 0.5) is 11.4 Å². The molecule has 0 saturated heterocycles. The number of pyridine rings is 1. The van der Waals surface area contributed by atoms with Crippen LogP contribution in [-0.2, 0) is 0 Å². The Bertz CT molecular complexity index is 1080. The van der Waals surface area contributed by atoms with Crippen LogP contribution in [-0.4, -0.2) is 43.0 Å². The lowest BCUT2D eigenvalue weighted by atomic mass is 10.1. The first-order valence-corrected chi connectivity index (χ1v) is 11.5. The van der Waals surface area contributed by atoms with Crippen molar-refractivity contribution in [1.29, 1.82) is 0 Å². The Kier molecular flexibility index (Phi) is 9.10. The molecule has 0 saturated carbocycles.